The molecule has 1 N–H and O–H groups in total. The van der Waals surface area contributed by atoms with Gasteiger partial charge in [-0.05, 0) is 30.5 Å². The lowest BCUT2D eigenvalue weighted by atomic mass is 10.0. The van der Waals surface area contributed by atoms with Crippen molar-refractivity contribution in [1.82, 2.24) is 0 Å². The third-order valence-electron chi connectivity index (χ3n) is 3.40. The Balaban J connectivity index is 3.15. The minimum atomic E-state index is -3.87. The van der Waals surface area contributed by atoms with Crippen molar-refractivity contribution in [2.45, 2.75) is 37.2 Å². The molecule has 106 valence electrons. The molecule has 0 saturated carbocycles. The molecule has 1 aromatic carbocycles. The number of hydrogen-bond donors (Lipinski definition) is 1. The summed E-state index contributed by atoms with van der Waals surface area (Å²) < 4.78 is 35.7. The van der Waals surface area contributed by atoms with Gasteiger partial charge in [-0.3, -0.25) is 4.79 Å². The Labute approximate surface area is 112 Å². The highest BCUT2D eigenvalue weighted by Gasteiger charge is 2.47. The lowest BCUT2D eigenvalue weighted by Gasteiger charge is -2.26. The van der Waals surface area contributed by atoms with Crippen molar-refractivity contribution in [3.05, 3.63) is 35.6 Å². The predicted octanol–water partition coefficient (Wildman–Crippen LogP) is 2.38. The van der Waals surface area contributed by atoms with Crippen LogP contribution in [-0.2, 0) is 20.4 Å². The first-order chi connectivity index (χ1) is 8.79. The van der Waals surface area contributed by atoms with Crippen molar-refractivity contribution in [1.29, 1.82) is 0 Å². The minimum absolute atomic E-state index is 0.00234. The topological polar surface area (TPSA) is 71.4 Å². The fourth-order valence-corrected chi connectivity index (χ4v) is 4.12. The molecule has 0 radical (unpaired) electrons. The number of carboxylic acids is 1. The average Bonchev–Trinajstić information content (AvgIpc) is 2.33. The lowest BCUT2D eigenvalue weighted by Crippen LogP contribution is -2.46. The molecule has 4 nitrogen and oxygen atoms in total. The van der Waals surface area contributed by atoms with Crippen molar-refractivity contribution < 1.29 is 22.7 Å². The van der Waals surface area contributed by atoms with E-state index in [1.807, 2.05) is 0 Å². The minimum Gasteiger partial charge on any atom is -0.480 e. The molecule has 1 aromatic rings. The van der Waals surface area contributed by atoms with Crippen molar-refractivity contribution in [3.63, 3.8) is 0 Å². The van der Waals surface area contributed by atoms with Crippen LogP contribution >= 0.6 is 0 Å². The Morgan fingerprint density at radius 2 is 1.68 bits per heavy atom. The summed E-state index contributed by atoms with van der Waals surface area (Å²) >= 11 is 0. The zero-order valence-corrected chi connectivity index (χ0v) is 11.7. The van der Waals surface area contributed by atoms with Gasteiger partial charge in [0.2, 0.25) is 0 Å². The standard InChI is InChI=1S/C13H17FO4S/c1-3-13(4-2,12(15)16)19(17,18)9-10-5-7-11(14)8-6-10/h5-8H,3-4,9H2,1-2H3,(H,15,16). The number of carbonyl (C=O) groups is 1. The summed E-state index contributed by atoms with van der Waals surface area (Å²) in [5.41, 5.74) is 0.383. The van der Waals surface area contributed by atoms with Gasteiger partial charge in [0.15, 0.2) is 14.6 Å². The van der Waals surface area contributed by atoms with Crippen LogP contribution in [0.1, 0.15) is 32.3 Å². The summed E-state index contributed by atoms with van der Waals surface area (Å²) in [5.74, 6) is -2.20. The summed E-state index contributed by atoms with van der Waals surface area (Å²) in [7, 11) is -3.87. The molecule has 0 amide bonds. The highest BCUT2D eigenvalue weighted by Crippen LogP contribution is 2.29. The van der Waals surface area contributed by atoms with Gasteiger partial charge in [0.1, 0.15) is 5.82 Å². The van der Waals surface area contributed by atoms with E-state index in [0.717, 1.165) is 12.1 Å². The zero-order chi connectivity index (χ0) is 14.7. The maximum atomic E-state index is 12.8. The van der Waals surface area contributed by atoms with Crippen LogP contribution in [0.25, 0.3) is 0 Å². The van der Waals surface area contributed by atoms with Gasteiger partial charge in [-0.25, -0.2) is 12.8 Å². The van der Waals surface area contributed by atoms with Crippen molar-refractivity contribution in [2.24, 2.45) is 0 Å². The summed E-state index contributed by atoms with van der Waals surface area (Å²) in [6, 6.07) is 5.02. The van der Waals surface area contributed by atoms with Crippen LogP contribution in [0.15, 0.2) is 24.3 Å². The maximum Gasteiger partial charge on any atom is 0.325 e. The van der Waals surface area contributed by atoms with E-state index in [0.29, 0.717) is 5.56 Å². The quantitative estimate of drug-likeness (QED) is 0.872. The first kappa shape index (κ1) is 15.6. The molecule has 0 unspecified atom stereocenters. The van der Waals surface area contributed by atoms with Gasteiger partial charge in [0.25, 0.3) is 0 Å². The molecular weight excluding hydrogens is 271 g/mol. The number of halogens is 1. The molecular formula is C13H17FO4S. The van der Waals surface area contributed by atoms with E-state index < -0.39 is 32.1 Å². The Morgan fingerprint density at radius 3 is 2.05 bits per heavy atom. The van der Waals surface area contributed by atoms with Gasteiger partial charge >= 0.3 is 5.97 Å². The summed E-state index contributed by atoms with van der Waals surface area (Å²) in [6.45, 7) is 3.08. The van der Waals surface area contributed by atoms with Crippen LogP contribution in [0.4, 0.5) is 4.39 Å². The van der Waals surface area contributed by atoms with Crippen LogP contribution < -0.4 is 0 Å². The smallest absolute Gasteiger partial charge is 0.325 e. The van der Waals surface area contributed by atoms with E-state index in [1.54, 1.807) is 13.8 Å². The second-order valence-corrected chi connectivity index (χ2v) is 6.69. The molecule has 0 bridgehead atoms. The second-order valence-electron chi connectivity index (χ2n) is 4.39. The molecule has 0 fully saturated rings. The lowest BCUT2D eigenvalue weighted by molar-refractivity contribution is -0.140. The molecule has 0 spiro atoms. The van der Waals surface area contributed by atoms with E-state index >= 15 is 0 Å². The van der Waals surface area contributed by atoms with Crippen molar-refractivity contribution in [3.8, 4) is 0 Å². The second kappa shape index (κ2) is 5.69. The van der Waals surface area contributed by atoms with E-state index in [9.17, 15) is 22.7 Å². The zero-order valence-electron chi connectivity index (χ0n) is 10.9. The van der Waals surface area contributed by atoms with E-state index in [-0.39, 0.29) is 12.8 Å². The van der Waals surface area contributed by atoms with Crippen LogP contribution in [0.2, 0.25) is 0 Å². The Kier molecular flexibility index (Phi) is 4.68. The number of carboxylic acid groups (broad SMARTS) is 1. The molecule has 0 atom stereocenters. The SMILES string of the molecule is CCC(CC)(C(=O)O)S(=O)(=O)Cc1ccc(F)cc1. The van der Waals surface area contributed by atoms with Gasteiger partial charge in [0, 0.05) is 0 Å². The fourth-order valence-electron chi connectivity index (χ4n) is 2.06. The highest BCUT2D eigenvalue weighted by molar-refractivity contribution is 7.92. The summed E-state index contributed by atoms with van der Waals surface area (Å²) in [6.07, 6.45) is 0.00469. The number of aliphatic carboxylic acids is 1. The van der Waals surface area contributed by atoms with E-state index in [2.05, 4.69) is 0 Å². The molecule has 0 aliphatic heterocycles. The molecule has 0 heterocycles. The van der Waals surface area contributed by atoms with Crippen molar-refractivity contribution >= 4 is 15.8 Å². The Morgan fingerprint density at radius 1 is 1.21 bits per heavy atom. The number of sulfone groups is 1. The van der Waals surface area contributed by atoms with Crippen molar-refractivity contribution in [2.75, 3.05) is 0 Å². The highest BCUT2D eigenvalue weighted by atomic mass is 32.2. The molecule has 19 heavy (non-hydrogen) atoms. The Bertz CT molecular complexity index is 545. The maximum absolute atomic E-state index is 12.8. The monoisotopic (exact) mass is 288 g/mol. The molecule has 1 rings (SSSR count). The van der Waals surface area contributed by atoms with E-state index in [4.69, 9.17) is 0 Å². The third-order valence-corrected chi connectivity index (χ3v) is 6.05. The van der Waals surface area contributed by atoms with Crippen LogP contribution in [0.5, 0.6) is 0 Å². The fraction of sp³-hybridized carbons (Fsp3) is 0.462. The first-order valence-electron chi connectivity index (χ1n) is 5.99. The summed E-state index contributed by atoms with van der Waals surface area (Å²) in [5, 5.41) is 9.24. The predicted molar refractivity (Wildman–Crippen MR) is 70.0 cm³/mol. The third kappa shape index (κ3) is 2.94. The molecule has 0 aromatic heterocycles. The van der Waals surface area contributed by atoms with Crippen LogP contribution in [0, 0.1) is 5.82 Å². The van der Waals surface area contributed by atoms with Gasteiger partial charge in [-0.1, -0.05) is 26.0 Å². The number of rotatable bonds is 6. The molecule has 0 aliphatic rings. The van der Waals surface area contributed by atoms with Gasteiger partial charge in [-0.2, -0.15) is 0 Å². The summed E-state index contributed by atoms with van der Waals surface area (Å²) in [4.78, 5) is 11.3. The number of benzene rings is 1. The molecule has 0 saturated heterocycles. The largest absolute Gasteiger partial charge is 0.480 e. The van der Waals surface area contributed by atoms with E-state index in [1.165, 1.54) is 12.1 Å². The first-order valence-corrected chi connectivity index (χ1v) is 7.64. The van der Waals surface area contributed by atoms with Crippen LogP contribution in [-0.4, -0.2) is 24.2 Å². The Hall–Kier alpha value is -1.43. The molecule has 0 aliphatic carbocycles. The van der Waals surface area contributed by atoms with Gasteiger partial charge in [0.05, 0.1) is 5.75 Å². The normalized spacial score (nSPS) is 12.4. The molecule has 6 heteroatoms. The van der Waals surface area contributed by atoms with Crippen LogP contribution in [0.3, 0.4) is 0 Å². The van der Waals surface area contributed by atoms with Gasteiger partial charge in [-0.15, -0.1) is 0 Å². The number of hydrogen-bond acceptors (Lipinski definition) is 3. The van der Waals surface area contributed by atoms with Gasteiger partial charge < -0.3 is 5.11 Å². The average molecular weight is 288 g/mol.